The maximum atomic E-state index is 10.7. The van der Waals surface area contributed by atoms with Crippen LogP contribution in [0.1, 0.15) is 13.3 Å². The van der Waals surface area contributed by atoms with Gasteiger partial charge in [-0.05, 0) is 19.4 Å². The average molecular weight is 260 g/mol. The van der Waals surface area contributed by atoms with Crippen LogP contribution in [0.15, 0.2) is 12.1 Å². The molecule has 7 heteroatoms. The summed E-state index contributed by atoms with van der Waals surface area (Å²) < 4.78 is 5.15. The van der Waals surface area contributed by atoms with Gasteiger partial charge in [-0.15, -0.1) is 0 Å². The van der Waals surface area contributed by atoms with E-state index in [9.17, 15) is 10.1 Å². The molecule has 1 aromatic rings. The number of pyridine rings is 1. The van der Waals surface area contributed by atoms with Gasteiger partial charge in [-0.1, -0.05) is 11.6 Å². The van der Waals surface area contributed by atoms with Crippen LogP contribution in [0.25, 0.3) is 0 Å². The molecule has 0 atom stereocenters. The van der Waals surface area contributed by atoms with E-state index in [4.69, 9.17) is 16.3 Å². The van der Waals surface area contributed by atoms with Crippen LogP contribution in [0.2, 0.25) is 5.15 Å². The van der Waals surface area contributed by atoms with E-state index in [0.717, 1.165) is 6.42 Å². The van der Waals surface area contributed by atoms with Crippen molar-refractivity contribution in [1.82, 2.24) is 4.98 Å². The summed E-state index contributed by atoms with van der Waals surface area (Å²) in [7, 11) is 0. The molecule has 1 rings (SSSR count). The summed E-state index contributed by atoms with van der Waals surface area (Å²) in [4.78, 5) is 14.1. The normalized spacial score (nSPS) is 10.2. The molecule has 0 radical (unpaired) electrons. The molecule has 0 amide bonds. The average Bonchev–Trinajstić information content (AvgIpc) is 2.28. The monoisotopic (exact) mass is 259 g/mol. The van der Waals surface area contributed by atoms with E-state index in [1.807, 2.05) is 6.92 Å². The molecule has 0 spiro atoms. The molecule has 6 nitrogen and oxygen atoms in total. The molecule has 0 aliphatic carbocycles. The molecular weight excluding hydrogens is 246 g/mol. The lowest BCUT2D eigenvalue weighted by Gasteiger charge is -2.06. The summed E-state index contributed by atoms with van der Waals surface area (Å²) >= 11 is 5.69. The molecule has 0 saturated heterocycles. The molecule has 0 aromatic carbocycles. The molecule has 1 N–H and O–H groups in total. The Kier molecular flexibility index (Phi) is 5.65. The molecular formula is C10H14ClN3O3. The minimum Gasteiger partial charge on any atom is -0.382 e. The summed E-state index contributed by atoms with van der Waals surface area (Å²) in [6, 6.07) is 2.73. The van der Waals surface area contributed by atoms with Crippen molar-refractivity contribution in [3.63, 3.8) is 0 Å². The first-order valence-corrected chi connectivity index (χ1v) is 5.65. The van der Waals surface area contributed by atoms with E-state index in [1.165, 1.54) is 12.1 Å². The number of anilines is 1. The van der Waals surface area contributed by atoms with Crippen molar-refractivity contribution in [3.8, 4) is 0 Å². The lowest BCUT2D eigenvalue weighted by molar-refractivity contribution is -0.384. The van der Waals surface area contributed by atoms with Gasteiger partial charge in [-0.2, -0.15) is 0 Å². The number of rotatable bonds is 7. The fraction of sp³-hybridized carbons (Fsp3) is 0.500. The highest BCUT2D eigenvalue weighted by molar-refractivity contribution is 6.29. The first-order valence-electron chi connectivity index (χ1n) is 5.27. The Morgan fingerprint density at radius 1 is 1.59 bits per heavy atom. The van der Waals surface area contributed by atoms with E-state index in [0.29, 0.717) is 19.8 Å². The Bertz CT molecular complexity index is 387. The van der Waals surface area contributed by atoms with Gasteiger partial charge >= 0.3 is 5.69 Å². The van der Waals surface area contributed by atoms with Crippen molar-refractivity contribution >= 4 is 23.1 Å². The molecule has 0 aliphatic heterocycles. The highest BCUT2D eigenvalue weighted by Gasteiger charge is 2.14. The zero-order valence-electron chi connectivity index (χ0n) is 9.48. The third-order valence-electron chi connectivity index (χ3n) is 2.00. The third-order valence-corrected chi connectivity index (χ3v) is 2.21. The number of ether oxygens (including phenoxy) is 1. The maximum absolute atomic E-state index is 10.7. The topological polar surface area (TPSA) is 77.3 Å². The summed E-state index contributed by atoms with van der Waals surface area (Å²) in [6.07, 6.45) is 0.749. The predicted molar refractivity (Wildman–Crippen MR) is 65.5 cm³/mol. The maximum Gasteiger partial charge on any atom is 0.311 e. The smallest absolute Gasteiger partial charge is 0.311 e. The summed E-state index contributed by atoms with van der Waals surface area (Å²) in [5, 5.41) is 13.8. The Labute approximate surface area is 104 Å². The second kappa shape index (κ2) is 7.03. The lowest BCUT2D eigenvalue weighted by Crippen LogP contribution is -2.08. The van der Waals surface area contributed by atoms with Crippen LogP contribution in [0.3, 0.4) is 0 Å². The SMILES string of the molecule is CCOCCCNc1nc(Cl)ccc1[N+](=O)[O-]. The summed E-state index contributed by atoms with van der Waals surface area (Å²) in [5.74, 6) is 0.194. The molecule has 0 unspecified atom stereocenters. The molecule has 1 aromatic heterocycles. The van der Waals surface area contributed by atoms with Crippen LogP contribution in [-0.2, 0) is 4.74 Å². The fourth-order valence-electron chi connectivity index (χ4n) is 1.23. The standard InChI is InChI=1S/C10H14ClN3O3/c1-2-17-7-3-6-12-10-8(14(15)16)4-5-9(11)13-10/h4-5H,2-3,6-7H2,1H3,(H,12,13). The van der Waals surface area contributed by atoms with Crippen LogP contribution >= 0.6 is 11.6 Å². The van der Waals surface area contributed by atoms with Gasteiger partial charge in [-0.25, -0.2) is 4.98 Å². The number of hydrogen-bond acceptors (Lipinski definition) is 5. The van der Waals surface area contributed by atoms with Crippen molar-refractivity contribution in [2.24, 2.45) is 0 Å². The number of nitrogens with one attached hydrogen (secondary N) is 1. The molecule has 94 valence electrons. The van der Waals surface area contributed by atoms with Gasteiger partial charge in [0.2, 0.25) is 5.82 Å². The van der Waals surface area contributed by atoms with Gasteiger partial charge in [0.05, 0.1) is 4.92 Å². The van der Waals surface area contributed by atoms with Crippen LogP contribution in [0.4, 0.5) is 11.5 Å². The molecule has 0 saturated carbocycles. The van der Waals surface area contributed by atoms with Gasteiger partial charge in [0.1, 0.15) is 5.15 Å². The van der Waals surface area contributed by atoms with Crippen molar-refractivity contribution < 1.29 is 9.66 Å². The van der Waals surface area contributed by atoms with Crippen LogP contribution in [-0.4, -0.2) is 29.7 Å². The molecule has 1 heterocycles. The zero-order valence-corrected chi connectivity index (χ0v) is 10.2. The predicted octanol–water partition coefficient (Wildman–Crippen LogP) is 2.48. The molecule has 0 fully saturated rings. The van der Waals surface area contributed by atoms with Crippen molar-refractivity contribution in [2.75, 3.05) is 25.1 Å². The van der Waals surface area contributed by atoms with E-state index in [-0.39, 0.29) is 16.7 Å². The zero-order chi connectivity index (χ0) is 12.7. The second-order valence-corrected chi connectivity index (χ2v) is 3.62. The van der Waals surface area contributed by atoms with Crippen molar-refractivity contribution in [3.05, 3.63) is 27.4 Å². The Morgan fingerprint density at radius 3 is 3.00 bits per heavy atom. The minimum atomic E-state index is -0.492. The van der Waals surface area contributed by atoms with E-state index < -0.39 is 4.92 Å². The van der Waals surface area contributed by atoms with Gasteiger partial charge in [0, 0.05) is 25.8 Å². The summed E-state index contributed by atoms with van der Waals surface area (Å²) in [6.45, 7) is 3.73. The van der Waals surface area contributed by atoms with Gasteiger partial charge in [0.15, 0.2) is 0 Å². The third kappa shape index (κ3) is 4.54. The number of nitro groups is 1. The van der Waals surface area contributed by atoms with E-state index in [1.54, 1.807) is 0 Å². The first-order chi connectivity index (χ1) is 8.15. The number of hydrogen-bond donors (Lipinski definition) is 1. The van der Waals surface area contributed by atoms with Gasteiger partial charge < -0.3 is 10.1 Å². The van der Waals surface area contributed by atoms with E-state index in [2.05, 4.69) is 10.3 Å². The largest absolute Gasteiger partial charge is 0.382 e. The van der Waals surface area contributed by atoms with E-state index >= 15 is 0 Å². The molecule has 17 heavy (non-hydrogen) atoms. The van der Waals surface area contributed by atoms with Crippen LogP contribution in [0.5, 0.6) is 0 Å². The Morgan fingerprint density at radius 2 is 2.35 bits per heavy atom. The van der Waals surface area contributed by atoms with Gasteiger partial charge in [-0.3, -0.25) is 10.1 Å². The molecule has 0 aliphatic rings. The van der Waals surface area contributed by atoms with Crippen molar-refractivity contribution in [1.29, 1.82) is 0 Å². The second-order valence-electron chi connectivity index (χ2n) is 3.24. The lowest BCUT2D eigenvalue weighted by atomic mass is 10.3. The Hall–Kier alpha value is -1.40. The number of nitrogens with zero attached hydrogens (tertiary/aromatic N) is 2. The quantitative estimate of drug-likeness (QED) is 0.352. The minimum absolute atomic E-state index is 0.0780. The summed E-state index contributed by atoms with van der Waals surface area (Å²) in [5.41, 5.74) is -0.0780. The van der Waals surface area contributed by atoms with Gasteiger partial charge in [0.25, 0.3) is 0 Å². The number of halogens is 1. The highest BCUT2D eigenvalue weighted by Crippen LogP contribution is 2.23. The number of aromatic nitrogens is 1. The first kappa shape index (κ1) is 13.7. The highest BCUT2D eigenvalue weighted by atomic mass is 35.5. The van der Waals surface area contributed by atoms with Crippen molar-refractivity contribution in [2.45, 2.75) is 13.3 Å². The Balaban J connectivity index is 2.56. The fourth-order valence-corrected chi connectivity index (χ4v) is 1.38. The molecule has 0 bridgehead atoms. The van der Waals surface area contributed by atoms with Crippen LogP contribution in [0, 0.1) is 10.1 Å². The van der Waals surface area contributed by atoms with Crippen LogP contribution < -0.4 is 5.32 Å².